The van der Waals surface area contributed by atoms with Crippen LogP contribution in [0.4, 0.5) is 0 Å². The van der Waals surface area contributed by atoms with Crippen LogP contribution in [-0.2, 0) is 0 Å². The summed E-state index contributed by atoms with van der Waals surface area (Å²) in [6.45, 7) is 7.46. The highest BCUT2D eigenvalue weighted by molar-refractivity contribution is 7.62. The average molecular weight is 316 g/mol. The molecule has 0 nitrogen and oxygen atoms in total. The molecule has 22 heavy (non-hydrogen) atoms. The highest BCUT2D eigenvalue weighted by atomic mass is 31.1. The number of hydrogen-bond donors (Lipinski definition) is 0. The van der Waals surface area contributed by atoms with Crippen molar-refractivity contribution in [3.8, 4) is 0 Å². The van der Waals surface area contributed by atoms with Crippen LogP contribution in [-0.4, -0.2) is 16.5 Å². The van der Waals surface area contributed by atoms with Crippen LogP contribution in [0.15, 0.2) is 23.3 Å². The topological polar surface area (TPSA) is 0 Å². The Morgan fingerprint density at radius 2 is 1.32 bits per heavy atom. The smallest absolute Gasteiger partial charge is 0.0122 e. The Balaban J connectivity index is 1.68. The molecule has 4 aliphatic rings. The van der Waals surface area contributed by atoms with Gasteiger partial charge in [-0.3, -0.25) is 0 Å². The zero-order valence-corrected chi connectivity index (χ0v) is 15.8. The van der Waals surface area contributed by atoms with Crippen molar-refractivity contribution in [2.24, 2.45) is 5.41 Å². The predicted molar refractivity (Wildman–Crippen MR) is 99.0 cm³/mol. The fraction of sp³-hybridized carbons (Fsp3) is 0.810. The largest absolute Gasteiger partial charge is 0.0850 e. The van der Waals surface area contributed by atoms with Crippen LogP contribution >= 0.6 is 7.92 Å². The Kier molecular flexibility index (Phi) is 3.65. The Labute approximate surface area is 138 Å². The molecule has 2 fully saturated rings. The average Bonchev–Trinajstić information content (AvgIpc) is 3.30. The standard InChI is InChI=1S/C21H33P/c1-19(2,3)16-22(20(12-13-20)17-8-4-5-9-17)21(14-15-21)18-10-6-7-11-18/h8,10H,4-7,9,11-16H2,1-3H3. The second-order valence-electron chi connectivity index (χ2n) is 9.45. The van der Waals surface area contributed by atoms with Gasteiger partial charge in [0, 0.05) is 10.3 Å². The first-order valence-electron chi connectivity index (χ1n) is 9.63. The summed E-state index contributed by atoms with van der Waals surface area (Å²) in [5.74, 6) is 0. The molecule has 0 atom stereocenters. The lowest BCUT2D eigenvalue weighted by molar-refractivity contribution is 0.474. The molecule has 0 saturated heterocycles. The van der Waals surface area contributed by atoms with Crippen LogP contribution in [0.5, 0.6) is 0 Å². The lowest BCUT2D eigenvalue weighted by atomic mass is 10.0. The van der Waals surface area contributed by atoms with Crippen LogP contribution in [0.3, 0.4) is 0 Å². The summed E-state index contributed by atoms with van der Waals surface area (Å²) in [6.07, 6.45) is 21.4. The summed E-state index contributed by atoms with van der Waals surface area (Å²) in [4.78, 5) is 0. The van der Waals surface area contributed by atoms with E-state index in [1.165, 1.54) is 70.4 Å². The maximum absolute atomic E-state index is 2.66. The minimum atomic E-state index is 0.128. The molecule has 1 heteroatoms. The third kappa shape index (κ3) is 2.54. The van der Waals surface area contributed by atoms with Crippen LogP contribution in [0.2, 0.25) is 0 Å². The summed E-state index contributed by atoms with van der Waals surface area (Å²) in [7, 11) is 0.128. The highest BCUT2D eigenvalue weighted by Crippen LogP contribution is 2.82. The Morgan fingerprint density at radius 3 is 1.59 bits per heavy atom. The zero-order chi connectivity index (χ0) is 15.4. The van der Waals surface area contributed by atoms with Gasteiger partial charge in [-0.15, -0.1) is 0 Å². The normalized spacial score (nSPS) is 28.7. The van der Waals surface area contributed by atoms with E-state index in [9.17, 15) is 0 Å². The molecule has 0 radical (unpaired) electrons. The van der Waals surface area contributed by atoms with Crippen molar-refractivity contribution in [2.45, 2.75) is 95.3 Å². The second kappa shape index (κ2) is 5.20. The summed E-state index contributed by atoms with van der Waals surface area (Å²) in [5, 5.41) is 1.39. The summed E-state index contributed by atoms with van der Waals surface area (Å²) < 4.78 is 0. The molecular formula is C21H33P. The van der Waals surface area contributed by atoms with Crippen molar-refractivity contribution in [1.82, 2.24) is 0 Å². The van der Waals surface area contributed by atoms with Gasteiger partial charge in [0.05, 0.1) is 0 Å². The fourth-order valence-electron chi connectivity index (χ4n) is 5.14. The van der Waals surface area contributed by atoms with Crippen molar-refractivity contribution >= 4 is 7.92 Å². The summed E-state index contributed by atoms with van der Waals surface area (Å²) in [6, 6.07) is 0. The highest BCUT2D eigenvalue weighted by Gasteiger charge is 2.64. The summed E-state index contributed by atoms with van der Waals surface area (Å²) >= 11 is 0. The van der Waals surface area contributed by atoms with Crippen LogP contribution in [0.25, 0.3) is 0 Å². The minimum absolute atomic E-state index is 0.128. The van der Waals surface area contributed by atoms with E-state index in [1.54, 1.807) is 0 Å². The van der Waals surface area contributed by atoms with Crippen molar-refractivity contribution in [3.05, 3.63) is 23.3 Å². The molecule has 0 N–H and O–H groups in total. The predicted octanol–water partition coefficient (Wildman–Crippen LogP) is 6.80. The second-order valence-corrected chi connectivity index (χ2v) is 12.3. The molecule has 0 aromatic rings. The van der Waals surface area contributed by atoms with E-state index in [1.807, 2.05) is 11.1 Å². The first-order valence-corrected chi connectivity index (χ1v) is 11.2. The van der Waals surface area contributed by atoms with Crippen molar-refractivity contribution in [3.63, 3.8) is 0 Å². The van der Waals surface area contributed by atoms with Crippen molar-refractivity contribution < 1.29 is 0 Å². The Bertz CT molecular complexity index is 469. The molecular weight excluding hydrogens is 283 g/mol. The monoisotopic (exact) mass is 316 g/mol. The van der Waals surface area contributed by atoms with Gasteiger partial charge in [0.25, 0.3) is 0 Å². The maximum atomic E-state index is 2.66. The molecule has 0 aromatic heterocycles. The molecule has 0 bridgehead atoms. The van der Waals surface area contributed by atoms with E-state index in [0.29, 0.717) is 15.7 Å². The maximum Gasteiger partial charge on any atom is 0.0122 e. The number of allylic oxidation sites excluding steroid dienone is 4. The van der Waals surface area contributed by atoms with Gasteiger partial charge in [0.1, 0.15) is 0 Å². The lowest BCUT2D eigenvalue weighted by Gasteiger charge is -2.41. The van der Waals surface area contributed by atoms with E-state index in [4.69, 9.17) is 0 Å². The SMILES string of the molecule is CC(C)(C)CP(C1(C2=CCCC2)CC1)C1(C2=CCCC2)CC1. The van der Waals surface area contributed by atoms with Gasteiger partial charge in [-0.05, 0) is 75.8 Å². The van der Waals surface area contributed by atoms with E-state index in [-0.39, 0.29) is 7.92 Å². The molecule has 0 unspecified atom stereocenters. The molecule has 0 aliphatic heterocycles. The zero-order valence-electron chi connectivity index (χ0n) is 14.9. The summed E-state index contributed by atoms with van der Waals surface area (Å²) in [5.41, 5.74) is 4.32. The third-order valence-corrected chi connectivity index (χ3v) is 11.2. The molecule has 122 valence electrons. The molecule has 2 saturated carbocycles. The van der Waals surface area contributed by atoms with Crippen LogP contribution in [0, 0.1) is 5.41 Å². The van der Waals surface area contributed by atoms with Gasteiger partial charge in [-0.1, -0.05) is 52.0 Å². The Morgan fingerprint density at radius 1 is 0.864 bits per heavy atom. The van der Waals surface area contributed by atoms with Gasteiger partial charge in [-0.25, -0.2) is 0 Å². The lowest BCUT2D eigenvalue weighted by Crippen LogP contribution is -2.27. The first-order chi connectivity index (χ1) is 10.5. The fourth-order valence-corrected chi connectivity index (χ4v) is 9.92. The van der Waals surface area contributed by atoms with Gasteiger partial charge in [0.15, 0.2) is 0 Å². The van der Waals surface area contributed by atoms with E-state index in [2.05, 4.69) is 32.9 Å². The molecule has 0 heterocycles. The Hall–Kier alpha value is -0.0900. The number of hydrogen-bond acceptors (Lipinski definition) is 0. The quantitative estimate of drug-likeness (QED) is 0.386. The molecule has 0 amide bonds. The van der Waals surface area contributed by atoms with E-state index in [0.717, 1.165) is 0 Å². The van der Waals surface area contributed by atoms with Crippen molar-refractivity contribution in [2.75, 3.05) is 6.16 Å². The van der Waals surface area contributed by atoms with Crippen LogP contribution in [0.1, 0.15) is 85.0 Å². The van der Waals surface area contributed by atoms with Gasteiger partial charge >= 0.3 is 0 Å². The van der Waals surface area contributed by atoms with E-state index >= 15 is 0 Å². The third-order valence-electron chi connectivity index (χ3n) is 6.39. The van der Waals surface area contributed by atoms with Crippen molar-refractivity contribution in [1.29, 1.82) is 0 Å². The molecule has 4 rings (SSSR count). The van der Waals surface area contributed by atoms with Gasteiger partial charge < -0.3 is 0 Å². The molecule has 0 aromatic carbocycles. The van der Waals surface area contributed by atoms with Gasteiger partial charge in [0.2, 0.25) is 0 Å². The first kappa shape index (κ1) is 15.4. The molecule has 4 aliphatic carbocycles. The van der Waals surface area contributed by atoms with E-state index < -0.39 is 0 Å². The molecule has 0 spiro atoms. The number of rotatable bonds is 5. The minimum Gasteiger partial charge on any atom is -0.0850 e. The van der Waals surface area contributed by atoms with Gasteiger partial charge in [-0.2, -0.15) is 0 Å². The van der Waals surface area contributed by atoms with Crippen LogP contribution < -0.4 is 0 Å².